The molecule has 1 aliphatic carbocycles. The number of hydrogen-bond donors (Lipinski definition) is 2. The highest BCUT2D eigenvalue weighted by Gasteiger charge is 2.29. The fourth-order valence-electron chi connectivity index (χ4n) is 2.54. The smallest absolute Gasteiger partial charge is 0.0270 e. The minimum Gasteiger partial charge on any atom is -0.399 e. The first-order valence-electron chi connectivity index (χ1n) is 6.32. The van der Waals surface area contributed by atoms with Gasteiger partial charge < -0.3 is 11.1 Å². The van der Waals surface area contributed by atoms with Gasteiger partial charge in [0.25, 0.3) is 0 Å². The van der Waals surface area contributed by atoms with E-state index in [0.717, 1.165) is 25.2 Å². The van der Waals surface area contributed by atoms with E-state index in [1.807, 2.05) is 0 Å². The SMILES string of the molecule is CC[C@]1(CN2CCNCC2)C=CC(N)=CC1. The van der Waals surface area contributed by atoms with Gasteiger partial charge in [-0.15, -0.1) is 0 Å². The lowest BCUT2D eigenvalue weighted by molar-refractivity contribution is 0.164. The molecule has 0 amide bonds. The summed E-state index contributed by atoms with van der Waals surface area (Å²) in [6.07, 6.45) is 8.86. The molecule has 1 fully saturated rings. The van der Waals surface area contributed by atoms with Crippen molar-refractivity contribution in [1.29, 1.82) is 0 Å². The Bertz CT molecular complexity index is 290. The molecule has 0 aromatic heterocycles. The molecule has 0 spiro atoms. The summed E-state index contributed by atoms with van der Waals surface area (Å²) < 4.78 is 0. The number of nitrogens with zero attached hydrogens (tertiary/aromatic N) is 1. The maximum absolute atomic E-state index is 5.79. The van der Waals surface area contributed by atoms with Crippen LogP contribution in [0.1, 0.15) is 19.8 Å². The van der Waals surface area contributed by atoms with Crippen molar-refractivity contribution in [2.75, 3.05) is 32.7 Å². The monoisotopic (exact) mass is 221 g/mol. The zero-order valence-electron chi connectivity index (χ0n) is 10.2. The summed E-state index contributed by atoms with van der Waals surface area (Å²) in [5.74, 6) is 0. The van der Waals surface area contributed by atoms with Crippen molar-refractivity contribution >= 4 is 0 Å². The summed E-state index contributed by atoms with van der Waals surface area (Å²) in [6, 6.07) is 0. The first-order chi connectivity index (χ1) is 7.74. The fourth-order valence-corrected chi connectivity index (χ4v) is 2.54. The number of nitrogens with two attached hydrogens (primary N) is 1. The number of allylic oxidation sites excluding steroid dienone is 2. The summed E-state index contributed by atoms with van der Waals surface area (Å²) in [5.41, 5.74) is 7.03. The lowest BCUT2D eigenvalue weighted by Gasteiger charge is -2.38. The van der Waals surface area contributed by atoms with Gasteiger partial charge in [-0.3, -0.25) is 4.90 Å². The molecule has 0 aromatic carbocycles. The highest BCUT2D eigenvalue weighted by Crippen LogP contribution is 2.33. The summed E-state index contributed by atoms with van der Waals surface area (Å²) in [6.45, 7) is 8.06. The van der Waals surface area contributed by atoms with Crippen molar-refractivity contribution in [3.8, 4) is 0 Å². The molecule has 0 aromatic rings. The van der Waals surface area contributed by atoms with Crippen LogP contribution >= 0.6 is 0 Å². The molecular formula is C13H23N3. The van der Waals surface area contributed by atoms with Crippen molar-refractivity contribution in [1.82, 2.24) is 10.2 Å². The average Bonchev–Trinajstić information content (AvgIpc) is 2.34. The maximum Gasteiger partial charge on any atom is 0.0270 e. The van der Waals surface area contributed by atoms with Crippen LogP contribution in [0.2, 0.25) is 0 Å². The van der Waals surface area contributed by atoms with Crippen LogP contribution in [0, 0.1) is 5.41 Å². The highest BCUT2D eigenvalue weighted by molar-refractivity contribution is 5.24. The molecule has 0 unspecified atom stereocenters. The van der Waals surface area contributed by atoms with Crippen LogP contribution in [0.4, 0.5) is 0 Å². The van der Waals surface area contributed by atoms with E-state index in [0.29, 0.717) is 5.41 Å². The molecule has 1 aliphatic heterocycles. The molecule has 3 heteroatoms. The topological polar surface area (TPSA) is 41.3 Å². The van der Waals surface area contributed by atoms with E-state index >= 15 is 0 Å². The van der Waals surface area contributed by atoms with Crippen LogP contribution in [-0.2, 0) is 0 Å². The van der Waals surface area contributed by atoms with Gasteiger partial charge in [-0.05, 0) is 18.9 Å². The van der Waals surface area contributed by atoms with E-state index in [2.05, 4.69) is 35.4 Å². The average molecular weight is 221 g/mol. The molecule has 16 heavy (non-hydrogen) atoms. The van der Waals surface area contributed by atoms with Crippen LogP contribution in [-0.4, -0.2) is 37.6 Å². The molecule has 3 nitrogen and oxygen atoms in total. The summed E-state index contributed by atoms with van der Waals surface area (Å²) in [4.78, 5) is 2.57. The summed E-state index contributed by atoms with van der Waals surface area (Å²) in [5, 5.41) is 3.40. The van der Waals surface area contributed by atoms with E-state index in [1.165, 1.54) is 26.1 Å². The third-order valence-electron chi connectivity index (χ3n) is 3.83. The van der Waals surface area contributed by atoms with Gasteiger partial charge in [0.05, 0.1) is 0 Å². The van der Waals surface area contributed by atoms with Gasteiger partial charge in [0.1, 0.15) is 0 Å². The molecule has 2 aliphatic rings. The predicted octanol–water partition coefficient (Wildman–Crippen LogP) is 1.09. The second kappa shape index (κ2) is 5.02. The highest BCUT2D eigenvalue weighted by atomic mass is 15.2. The standard InChI is InChI=1S/C13H23N3/c1-2-13(5-3-12(14)4-6-13)11-16-9-7-15-8-10-16/h3-5,15H,2,6-11,14H2,1H3/t13-/m0/s1. The number of nitrogens with one attached hydrogen (secondary N) is 1. The van der Waals surface area contributed by atoms with Crippen LogP contribution in [0.5, 0.6) is 0 Å². The minimum atomic E-state index is 0.320. The Balaban J connectivity index is 1.97. The Morgan fingerprint density at radius 2 is 2.19 bits per heavy atom. The zero-order chi connectivity index (χ0) is 11.4. The van der Waals surface area contributed by atoms with Gasteiger partial charge in [-0.25, -0.2) is 0 Å². The Hall–Kier alpha value is -0.800. The lowest BCUT2D eigenvalue weighted by Crippen LogP contribution is -2.47. The van der Waals surface area contributed by atoms with E-state index in [9.17, 15) is 0 Å². The van der Waals surface area contributed by atoms with Gasteiger partial charge in [-0.1, -0.05) is 19.1 Å². The molecule has 0 bridgehead atoms. The predicted molar refractivity (Wildman–Crippen MR) is 68.1 cm³/mol. The first-order valence-corrected chi connectivity index (χ1v) is 6.32. The van der Waals surface area contributed by atoms with Crippen molar-refractivity contribution in [2.45, 2.75) is 19.8 Å². The van der Waals surface area contributed by atoms with Crippen LogP contribution < -0.4 is 11.1 Å². The molecular weight excluding hydrogens is 198 g/mol. The van der Waals surface area contributed by atoms with Gasteiger partial charge in [0.15, 0.2) is 0 Å². The van der Waals surface area contributed by atoms with E-state index in [-0.39, 0.29) is 0 Å². The van der Waals surface area contributed by atoms with Crippen LogP contribution in [0.25, 0.3) is 0 Å². The molecule has 90 valence electrons. The van der Waals surface area contributed by atoms with Crippen molar-refractivity contribution in [3.63, 3.8) is 0 Å². The summed E-state index contributed by atoms with van der Waals surface area (Å²) >= 11 is 0. The number of rotatable bonds is 3. The molecule has 1 saturated heterocycles. The van der Waals surface area contributed by atoms with Crippen molar-refractivity contribution in [3.05, 3.63) is 23.9 Å². The largest absolute Gasteiger partial charge is 0.399 e. The molecule has 1 atom stereocenters. The van der Waals surface area contributed by atoms with Crippen molar-refractivity contribution < 1.29 is 0 Å². The first kappa shape index (κ1) is 11.7. The number of piperazine rings is 1. The quantitative estimate of drug-likeness (QED) is 0.749. The van der Waals surface area contributed by atoms with Crippen molar-refractivity contribution in [2.24, 2.45) is 11.1 Å². The second-order valence-corrected chi connectivity index (χ2v) is 4.98. The Morgan fingerprint density at radius 1 is 1.44 bits per heavy atom. The lowest BCUT2D eigenvalue weighted by atomic mass is 9.78. The third kappa shape index (κ3) is 2.66. The summed E-state index contributed by atoms with van der Waals surface area (Å²) in [7, 11) is 0. The molecule has 2 rings (SSSR count). The molecule has 0 radical (unpaired) electrons. The van der Waals surface area contributed by atoms with Gasteiger partial charge >= 0.3 is 0 Å². The fraction of sp³-hybridized carbons (Fsp3) is 0.692. The van der Waals surface area contributed by atoms with Gasteiger partial charge in [-0.2, -0.15) is 0 Å². The Labute approximate surface area is 98.4 Å². The molecule has 0 saturated carbocycles. The van der Waals surface area contributed by atoms with E-state index < -0.39 is 0 Å². The Morgan fingerprint density at radius 3 is 2.75 bits per heavy atom. The number of hydrogen-bond acceptors (Lipinski definition) is 3. The van der Waals surface area contributed by atoms with Gasteiger partial charge in [0, 0.05) is 43.8 Å². The molecule has 3 N–H and O–H groups in total. The van der Waals surface area contributed by atoms with Gasteiger partial charge in [0.2, 0.25) is 0 Å². The minimum absolute atomic E-state index is 0.320. The normalized spacial score (nSPS) is 31.4. The van der Waals surface area contributed by atoms with Crippen LogP contribution in [0.3, 0.4) is 0 Å². The van der Waals surface area contributed by atoms with E-state index in [1.54, 1.807) is 0 Å². The van der Waals surface area contributed by atoms with Crippen LogP contribution in [0.15, 0.2) is 23.9 Å². The maximum atomic E-state index is 5.79. The second-order valence-electron chi connectivity index (χ2n) is 4.98. The Kier molecular flexibility index (Phi) is 3.66. The zero-order valence-corrected chi connectivity index (χ0v) is 10.2. The molecule has 1 heterocycles. The van der Waals surface area contributed by atoms with E-state index in [4.69, 9.17) is 5.73 Å². The third-order valence-corrected chi connectivity index (χ3v) is 3.83.